The van der Waals surface area contributed by atoms with E-state index in [1.54, 1.807) is 11.8 Å². The third-order valence-electron chi connectivity index (χ3n) is 8.38. The van der Waals surface area contributed by atoms with E-state index in [9.17, 15) is 14.4 Å². The minimum atomic E-state index is -0.363. The first-order chi connectivity index (χ1) is 18.7. The lowest BCUT2D eigenvalue weighted by Crippen LogP contribution is -2.51. The third-order valence-corrected chi connectivity index (χ3v) is 9.86. The van der Waals surface area contributed by atoms with E-state index in [0.717, 1.165) is 36.1 Å². The number of nitrogens with one attached hydrogen (secondary N) is 1. The highest BCUT2D eigenvalue weighted by Gasteiger charge is 2.43. The predicted octanol–water partition coefficient (Wildman–Crippen LogP) is 5.72. The molecule has 0 bridgehead atoms. The Morgan fingerprint density at radius 3 is 2.51 bits per heavy atom. The second kappa shape index (κ2) is 11.6. The minimum absolute atomic E-state index is 0.0392. The van der Waals surface area contributed by atoms with Crippen molar-refractivity contribution >= 4 is 35.3 Å². The first kappa shape index (κ1) is 27.6. The van der Waals surface area contributed by atoms with Gasteiger partial charge in [-0.25, -0.2) is 4.79 Å². The van der Waals surface area contributed by atoms with Gasteiger partial charge in [0.1, 0.15) is 5.37 Å². The summed E-state index contributed by atoms with van der Waals surface area (Å²) in [6, 6.07) is 14.4. The molecule has 2 atom stereocenters. The van der Waals surface area contributed by atoms with Crippen LogP contribution in [0.5, 0.6) is 0 Å². The van der Waals surface area contributed by atoms with Crippen LogP contribution in [0.4, 0.5) is 10.5 Å². The molecule has 5 rings (SSSR count). The van der Waals surface area contributed by atoms with Gasteiger partial charge in [-0.2, -0.15) is 0 Å². The van der Waals surface area contributed by atoms with Crippen LogP contribution >= 0.6 is 11.8 Å². The molecule has 3 heterocycles. The Kier molecular flexibility index (Phi) is 8.21. The average Bonchev–Trinajstić information content (AvgIpc) is 3.23. The molecule has 1 N–H and O–H groups in total. The maximum Gasteiger partial charge on any atom is 0.322 e. The number of piperidine rings is 1. The Labute approximate surface area is 236 Å². The summed E-state index contributed by atoms with van der Waals surface area (Å²) in [7, 11) is 0. The zero-order valence-electron chi connectivity index (χ0n) is 23.5. The molecule has 2 fully saturated rings. The van der Waals surface area contributed by atoms with Gasteiger partial charge in [-0.3, -0.25) is 9.59 Å². The summed E-state index contributed by atoms with van der Waals surface area (Å²) in [6.07, 6.45) is 2.67. The Morgan fingerprint density at radius 1 is 1.05 bits per heavy atom. The van der Waals surface area contributed by atoms with Gasteiger partial charge in [0.05, 0.1) is 5.25 Å². The number of thioether (sulfide) groups is 1. The van der Waals surface area contributed by atoms with Gasteiger partial charge in [-0.1, -0.05) is 50.2 Å². The monoisotopic (exact) mass is 548 g/mol. The van der Waals surface area contributed by atoms with E-state index in [0.29, 0.717) is 32.1 Å². The van der Waals surface area contributed by atoms with E-state index in [1.807, 2.05) is 39.0 Å². The van der Waals surface area contributed by atoms with Crippen molar-refractivity contribution in [3.8, 4) is 0 Å². The van der Waals surface area contributed by atoms with Gasteiger partial charge in [0.25, 0.3) is 0 Å². The topological polar surface area (TPSA) is 73.0 Å². The average molecular weight is 549 g/mol. The van der Waals surface area contributed by atoms with Crippen molar-refractivity contribution in [2.75, 3.05) is 25.0 Å². The molecule has 0 aliphatic carbocycles. The van der Waals surface area contributed by atoms with Crippen LogP contribution < -0.4 is 5.32 Å². The van der Waals surface area contributed by atoms with E-state index in [-0.39, 0.29) is 40.9 Å². The molecule has 0 radical (unpaired) electrons. The highest BCUT2D eigenvalue weighted by atomic mass is 32.2. The van der Waals surface area contributed by atoms with Crippen LogP contribution in [0.15, 0.2) is 42.5 Å². The number of rotatable bonds is 7. The van der Waals surface area contributed by atoms with Crippen LogP contribution in [0.3, 0.4) is 0 Å². The fourth-order valence-electron chi connectivity index (χ4n) is 5.76. The maximum absolute atomic E-state index is 13.6. The Hall–Kier alpha value is -3.00. The number of benzene rings is 2. The van der Waals surface area contributed by atoms with Gasteiger partial charge < -0.3 is 20.0 Å². The summed E-state index contributed by atoms with van der Waals surface area (Å²) in [6.45, 7) is 11.1. The largest absolute Gasteiger partial charge is 0.342 e. The second-order valence-electron chi connectivity index (χ2n) is 11.6. The molecule has 2 unspecified atom stereocenters. The van der Waals surface area contributed by atoms with E-state index in [4.69, 9.17) is 0 Å². The summed E-state index contributed by atoms with van der Waals surface area (Å²) in [5, 5.41) is 2.58. The van der Waals surface area contributed by atoms with E-state index >= 15 is 0 Å². The van der Waals surface area contributed by atoms with Crippen LogP contribution in [0, 0.1) is 19.8 Å². The number of anilines is 1. The van der Waals surface area contributed by atoms with Gasteiger partial charge in [0.15, 0.2) is 0 Å². The van der Waals surface area contributed by atoms with E-state index in [1.165, 1.54) is 11.1 Å². The van der Waals surface area contributed by atoms with Crippen molar-refractivity contribution in [3.05, 3.63) is 64.7 Å². The standard InChI is InChI=1S/C31H40N4O3S/c1-20(2)11-16-34-29(37)27(39-30(34)23-10-9-21(3)22(4)17-23)18-28(36)33-14-12-25(13-15-33)35-19-24-7-5-6-8-26(24)32-31(35)38/h5-10,17,20,25,27,30H,11-16,18-19H2,1-4H3,(H,32,38). The zero-order chi connectivity index (χ0) is 27.7. The van der Waals surface area contributed by atoms with Crippen molar-refractivity contribution < 1.29 is 14.4 Å². The molecule has 0 aromatic heterocycles. The van der Waals surface area contributed by atoms with Gasteiger partial charge >= 0.3 is 6.03 Å². The van der Waals surface area contributed by atoms with Crippen LogP contribution in [0.25, 0.3) is 0 Å². The first-order valence-electron chi connectivity index (χ1n) is 14.2. The number of carbonyl (C=O) groups excluding carboxylic acids is 3. The number of carbonyl (C=O) groups is 3. The number of likely N-dealkylation sites (tertiary alicyclic amines) is 1. The molecule has 7 nitrogen and oxygen atoms in total. The molecule has 208 valence electrons. The molecular formula is C31H40N4O3S. The third kappa shape index (κ3) is 5.96. The highest BCUT2D eigenvalue weighted by Crippen LogP contribution is 2.45. The summed E-state index contributed by atoms with van der Waals surface area (Å²) >= 11 is 1.62. The van der Waals surface area contributed by atoms with Crippen LogP contribution in [-0.2, 0) is 16.1 Å². The van der Waals surface area contributed by atoms with Crippen molar-refractivity contribution in [3.63, 3.8) is 0 Å². The number of nitrogens with zero attached hydrogens (tertiary/aromatic N) is 3. The first-order valence-corrected chi connectivity index (χ1v) is 15.1. The van der Waals surface area contributed by atoms with E-state index in [2.05, 4.69) is 51.2 Å². The Morgan fingerprint density at radius 2 is 1.79 bits per heavy atom. The highest BCUT2D eigenvalue weighted by molar-refractivity contribution is 8.01. The predicted molar refractivity (Wildman–Crippen MR) is 156 cm³/mol. The smallest absolute Gasteiger partial charge is 0.322 e. The van der Waals surface area contributed by atoms with Crippen molar-refractivity contribution in [2.24, 2.45) is 5.92 Å². The minimum Gasteiger partial charge on any atom is -0.342 e. The number of hydrogen-bond acceptors (Lipinski definition) is 4. The number of para-hydroxylation sites is 1. The molecule has 4 amide bonds. The maximum atomic E-state index is 13.6. The fraction of sp³-hybridized carbons (Fsp3) is 0.516. The van der Waals surface area contributed by atoms with Crippen molar-refractivity contribution in [1.82, 2.24) is 14.7 Å². The second-order valence-corrected chi connectivity index (χ2v) is 12.9. The van der Waals surface area contributed by atoms with Gasteiger partial charge in [0.2, 0.25) is 11.8 Å². The molecule has 2 aromatic rings. The Balaban J connectivity index is 1.20. The van der Waals surface area contributed by atoms with E-state index < -0.39 is 0 Å². The molecular weight excluding hydrogens is 508 g/mol. The van der Waals surface area contributed by atoms with Crippen molar-refractivity contribution in [2.45, 2.75) is 76.6 Å². The summed E-state index contributed by atoms with van der Waals surface area (Å²) in [5.41, 5.74) is 5.59. The summed E-state index contributed by atoms with van der Waals surface area (Å²) in [5.74, 6) is 0.619. The van der Waals surface area contributed by atoms with Crippen molar-refractivity contribution in [1.29, 1.82) is 0 Å². The zero-order valence-corrected chi connectivity index (χ0v) is 24.3. The molecule has 3 aliphatic rings. The van der Waals surface area contributed by atoms with Gasteiger partial charge in [0, 0.05) is 44.3 Å². The molecule has 0 spiro atoms. The number of aryl methyl sites for hydroxylation is 2. The number of hydrogen-bond donors (Lipinski definition) is 1. The molecule has 39 heavy (non-hydrogen) atoms. The van der Waals surface area contributed by atoms with Crippen LogP contribution in [-0.4, -0.2) is 63.5 Å². The molecule has 2 aromatic carbocycles. The quantitative estimate of drug-likeness (QED) is 0.480. The molecule has 0 saturated carbocycles. The number of urea groups is 1. The molecule has 3 aliphatic heterocycles. The lowest BCUT2D eigenvalue weighted by atomic mass is 10.0. The van der Waals surface area contributed by atoms with Crippen LogP contribution in [0.2, 0.25) is 0 Å². The fourth-order valence-corrected chi connectivity index (χ4v) is 7.22. The summed E-state index contributed by atoms with van der Waals surface area (Å²) < 4.78 is 0. The lowest BCUT2D eigenvalue weighted by molar-refractivity contribution is -0.137. The van der Waals surface area contributed by atoms with Gasteiger partial charge in [-0.05, 0) is 67.3 Å². The molecule has 2 saturated heterocycles. The number of fused-ring (bicyclic) bond motifs is 1. The lowest BCUT2D eigenvalue weighted by Gasteiger charge is -2.40. The van der Waals surface area contributed by atoms with Crippen LogP contribution in [0.1, 0.15) is 67.2 Å². The Bertz CT molecular complexity index is 1240. The number of amides is 4. The van der Waals surface area contributed by atoms with Gasteiger partial charge in [-0.15, -0.1) is 11.8 Å². The summed E-state index contributed by atoms with van der Waals surface area (Å²) in [4.78, 5) is 45.5. The molecule has 8 heteroatoms. The normalized spacial score (nSPS) is 21.9. The SMILES string of the molecule is Cc1ccc(C2SC(CC(=O)N3CCC(N4Cc5ccccc5NC4=O)CC3)C(=O)N2CCC(C)C)cc1C.